The maximum absolute atomic E-state index is 12.5. The molecule has 6 nitrogen and oxygen atoms in total. The number of aromatic nitrogens is 1. The Morgan fingerprint density at radius 1 is 0.951 bits per heavy atom. The van der Waals surface area contributed by atoms with E-state index in [0.29, 0.717) is 6.54 Å². The third-order valence-electron chi connectivity index (χ3n) is 6.92. The molecule has 41 heavy (non-hydrogen) atoms. The minimum Gasteiger partial charge on any atom is -0.491 e. The number of aromatic amines is 1. The first-order chi connectivity index (χ1) is 18.4. The van der Waals surface area contributed by atoms with Gasteiger partial charge in [0.1, 0.15) is 11.4 Å². The molecular formula is C33H43Cl2N3O3. The van der Waals surface area contributed by atoms with Crippen molar-refractivity contribution in [2.45, 2.75) is 52.2 Å². The number of carbonyl (C=O) groups is 1. The molecule has 0 spiro atoms. The van der Waals surface area contributed by atoms with E-state index in [2.05, 4.69) is 66.3 Å². The van der Waals surface area contributed by atoms with Crippen LogP contribution in [-0.2, 0) is 5.41 Å². The van der Waals surface area contributed by atoms with E-state index in [4.69, 9.17) is 4.74 Å². The van der Waals surface area contributed by atoms with Gasteiger partial charge in [-0.15, -0.1) is 24.8 Å². The van der Waals surface area contributed by atoms with Gasteiger partial charge in [0.05, 0.1) is 12.1 Å². The van der Waals surface area contributed by atoms with E-state index in [0.717, 1.165) is 45.5 Å². The lowest BCUT2D eigenvalue weighted by Gasteiger charge is -2.22. The Labute approximate surface area is 256 Å². The first-order valence-corrected chi connectivity index (χ1v) is 13.6. The van der Waals surface area contributed by atoms with E-state index in [1.165, 1.54) is 5.56 Å². The second-order valence-electron chi connectivity index (χ2n) is 11.7. The molecule has 1 aromatic heterocycles. The maximum atomic E-state index is 12.5. The Bertz CT molecular complexity index is 1420. The SMILES string of the molecule is CC(C)Oc1ccc(C(NCCN(C)C)c2c(C(=O)O)[nH]c3ccc(-c4ccc(C(C)(C)C)cc4)cc23)cc1.Cl.Cl. The molecule has 4 rings (SSSR count). The van der Waals surface area contributed by atoms with E-state index in [1.54, 1.807) is 0 Å². The number of carboxylic acids is 1. The molecule has 3 N–H and O–H groups in total. The molecular weight excluding hydrogens is 557 g/mol. The maximum Gasteiger partial charge on any atom is 0.352 e. The number of rotatable bonds is 10. The lowest BCUT2D eigenvalue weighted by molar-refractivity contribution is 0.0689. The molecule has 222 valence electrons. The minimum atomic E-state index is -0.976. The van der Waals surface area contributed by atoms with Crippen molar-refractivity contribution < 1.29 is 14.6 Å². The summed E-state index contributed by atoms with van der Waals surface area (Å²) < 4.78 is 5.85. The second-order valence-corrected chi connectivity index (χ2v) is 11.7. The average molecular weight is 601 g/mol. The molecule has 0 fully saturated rings. The van der Waals surface area contributed by atoms with Crippen LogP contribution in [0.15, 0.2) is 66.7 Å². The molecule has 4 aromatic rings. The highest BCUT2D eigenvalue weighted by Crippen LogP contribution is 2.36. The fourth-order valence-electron chi connectivity index (χ4n) is 4.85. The van der Waals surface area contributed by atoms with Crippen molar-refractivity contribution >= 4 is 41.7 Å². The Hall–Kier alpha value is -3.03. The number of carboxylic acid groups (broad SMARTS) is 1. The number of likely N-dealkylation sites (N-methyl/N-ethyl adjacent to an activating group) is 1. The number of nitrogens with one attached hydrogen (secondary N) is 2. The summed E-state index contributed by atoms with van der Waals surface area (Å²) in [4.78, 5) is 17.8. The second kappa shape index (κ2) is 14.2. The van der Waals surface area contributed by atoms with Crippen LogP contribution in [0.2, 0.25) is 0 Å². The van der Waals surface area contributed by atoms with Crippen LogP contribution in [-0.4, -0.2) is 54.2 Å². The van der Waals surface area contributed by atoms with Gasteiger partial charge in [-0.3, -0.25) is 0 Å². The van der Waals surface area contributed by atoms with E-state index < -0.39 is 5.97 Å². The van der Waals surface area contributed by atoms with Gasteiger partial charge in [-0.2, -0.15) is 0 Å². The molecule has 1 heterocycles. The first kappa shape index (κ1) is 34.2. The Morgan fingerprint density at radius 3 is 2.10 bits per heavy atom. The predicted molar refractivity (Wildman–Crippen MR) is 174 cm³/mol. The lowest BCUT2D eigenvalue weighted by Crippen LogP contribution is -2.31. The van der Waals surface area contributed by atoms with Crippen LogP contribution in [0.4, 0.5) is 0 Å². The summed E-state index contributed by atoms with van der Waals surface area (Å²) in [5.74, 6) is -0.185. The third-order valence-corrected chi connectivity index (χ3v) is 6.92. The normalized spacial score (nSPS) is 12.2. The van der Waals surface area contributed by atoms with Crippen LogP contribution in [0, 0.1) is 0 Å². The number of H-pyrrole nitrogens is 1. The standard InChI is InChI=1S/C33H41N3O3.2ClH/c1-21(2)39-26-15-10-23(11-16-26)30(34-18-19-36(6)7)29-27-20-24(12-17-28(27)35-31(29)32(37)38)22-8-13-25(14-9-22)33(3,4)5;;/h8-17,20-21,30,34-35H,18-19H2,1-7H3,(H,37,38);2*1H. The summed E-state index contributed by atoms with van der Waals surface area (Å²) >= 11 is 0. The quantitative estimate of drug-likeness (QED) is 0.174. The zero-order valence-corrected chi connectivity index (χ0v) is 26.6. The van der Waals surface area contributed by atoms with Crippen molar-refractivity contribution in [1.29, 1.82) is 0 Å². The predicted octanol–water partition coefficient (Wildman–Crippen LogP) is 7.70. The Kier molecular flexibility index (Phi) is 11.9. The van der Waals surface area contributed by atoms with Gasteiger partial charge in [0.2, 0.25) is 0 Å². The topological polar surface area (TPSA) is 77.6 Å². The molecule has 0 aliphatic carbocycles. The van der Waals surface area contributed by atoms with Crippen molar-refractivity contribution in [2.75, 3.05) is 27.2 Å². The Morgan fingerprint density at radius 2 is 1.56 bits per heavy atom. The van der Waals surface area contributed by atoms with Crippen molar-refractivity contribution in [3.05, 3.63) is 89.1 Å². The number of ether oxygens (including phenoxy) is 1. The van der Waals surface area contributed by atoms with Gasteiger partial charge in [-0.1, -0.05) is 63.2 Å². The highest BCUT2D eigenvalue weighted by Gasteiger charge is 2.26. The van der Waals surface area contributed by atoms with Gasteiger partial charge in [-0.25, -0.2) is 4.79 Å². The molecule has 1 atom stereocenters. The highest BCUT2D eigenvalue weighted by molar-refractivity contribution is 5.99. The largest absolute Gasteiger partial charge is 0.491 e. The molecule has 0 aliphatic rings. The van der Waals surface area contributed by atoms with Crippen LogP contribution >= 0.6 is 24.8 Å². The number of hydrogen-bond acceptors (Lipinski definition) is 4. The number of hydrogen-bond donors (Lipinski definition) is 3. The fourth-order valence-corrected chi connectivity index (χ4v) is 4.85. The van der Waals surface area contributed by atoms with Gasteiger partial charge in [-0.05, 0) is 79.9 Å². The van der Waals surface area contributed by atoms with Crippen LogP contribution in [0.5, 0.6) is 5.75 Å². The van der Waals surface area contributed by atoms with E-state index in [9.17, 15) is 9.90 Å². The van der Waals surface area contributed by atoms with Gasteiger partial charge in [0.25, 0.3) is 0 Å². The van der Waals surface area contributed by atoms with Crippen LogP contribution < -0.4 is 10.1 Å². The van der Waals surface area contributed by atoms with E-state index in [1.807, 2.05) is 64.3 Å². The average Bonchev–Trinajstić information content (AvgIpc) is 3.25. The van der Waals surface area contributed by atoms with Crippen molar-refractivity contribution in [3.8, 4) is 16.9 Å². The van der Waals surface area contributed by atoms with Crippen LogP contribution in [0.3, 0.4) is 0 Å². The smallest absolute Gasteiger partial charge is 0.352 e. The van der Waals surface area contributed by atoms with Crippen molar-refractivity contribution in [2.24, 2.45) is 0 Å². The summed E-state index contributed by atoms with van der Waals surface area (Å²) in [6.07, 6.45) is 0.0768. The molecule has 0 saturated heterocycles. The number of fused-ring (bicyclic) bond motifs is 1. The zero-order valence-electron chi connectivity index (χ0n) is 24.9. The number of benzene rings is 3. The monoisotopic (exact) mass is 599 g/mol. The van der Waals surface area contributed by atoms with Crippen molar-refractivity contribution in [1.82, 2.24) is 15.2 Å². The molecule has 3 aromatic carbocycles. The fraction of sp³-hybridized carbons (Fsp3) is 0.364. The molecule has 0 bridgehead atoms. The van der Waals surface area contributed by atoms with Crippen LogP contribution in [0.25, 0.3) is 22.0 Å². The Balaban J connectivity index is 0.00000294. The minimum absolute atomic E-state index is 0. The summed E-state index contributed by atoms with van der Waals surface area (Å²) in [5, 5.41) is 14.8. The number of nitrogens with zero attached hydrogens (tertiary/aromatic N) is 1. The summed E-state index contributed by atoms with van der Waals surface area (Å²) in [7, 11) is 4.06. The van der Waals surface area contributed by atoms with Gasteiger partial charge in [0.15, 0.2) is 0 Å². The number of aromatic carboxylic acids is 1. The van der Waals surface area contributed by atoms with Gasteiger partial charge in [0, 0.05) is 29.6 Å². The van der Waals surface area contributed by atoms with E-state index >= 15 is 0 Å². The third kappa shape index (κ3) is 8.26. The van der Waals surface area contributed by atoms with Gasteiger partial charge >= 0.3 is 5.97 Å². The molecule has 1 unspecified atom stereocenters. The molecule has 0 saturated carbocycles. The first-order valence-electron chi connectivity index (χ1n) is 13.6. The molecule has 0 amide bonds. The summed E-state index contributed by atoms with van der Waals surface area (Å²) in [5.41, 5.74) is 6.22. The zero-order chi connectivity index (χ0) is 28.3. The van der Waals surface area contributed by atoms with Crippen molar-refractivity contribution in [3.63, 3.8) is 0 Å². The van der Waals surface area contributed by atoms with Gasteiger partial charge < -0.3 is 25.0 Å². The lowest BCUT2D eigenvalue weighted by atomic mass is 9.86. The molecule has 0 radical (unpaired) electrons. The van der Waals surface area contributed by atoms with Crippen LogP contribution in [0.1, 0.15) is 67.8 Å². The number of halogens is 2. The molecule has 0 aliphatic heterocycles. The molecule has 8 heteroatoms. The highest BCUT2D eigenvalue weighted by atomic mass is 35.5. The van der Waals surface area contributed by atoms with E-state index in [-0.39, 0.29) is 48.1 Å². The summed E-state index contributed by atoms with van der Waals surface area (Å²) in [6.45, 7) is 12.1. The summed E-state index contributed by atoms with van der Waals surface area (Å²) in [6, 6.07) is 22.4.